The van der Waals surface area contributed by atoms with Gasteiger partial charge in [0.05, 0.1) is 11.4 Å². The predicted molar refractivity (Wildman–Crippen MR) is 79.4 cm³/mol. The molecule has 1 aromatic heterocycles. The average molecular weight is 282 g/mol. The maximum absolute atomic E-state index is 13.5. The van der Waals surface area contributed by atoms with E-state index in [1.807, 2.05) is 37.3 Å². The molecule has 2 N–H and O–H groups in total. The fourth-order valence-corrected chi connectivity index (χ4v) is 2.34. The molecule has 0 spiro atoms. The third-order valence-electron chi connectivity index (χ3n) is 3.38. The van der Waals surface area contributed by atoms with E-state index in [1.54, 1.807) is 10.7 Å². The molecule has 0 atom stereocenters. The number of aryl methyl sites for hydroxylation is 1. The van der Waals surface area contributed by atoms with Gasteiger partial charge in [-0.2, -0.15) is 0 Å². The number of halogens is 1. The first-order valence-electron chi connectivity index (χ1n) is 6.67. The SMILES string of the molecule is Cc1ccccc1-n1nnc(CN)c1-c1cccc(F)c1. The number of para-hydroxylation sites is 1. The molecule has 0 saturated carbocycles. The fraction of sp³-hybridized carbons (Fsp3) is 0.125. The van der Waals surface area contributed by atoms with Crippen LogP contribution in [0.15, 0.2) is 48.5 Å². The highest BCUT2D eigenvalue weighted by Crippen LogP contribution is 2.26. The lowest BCUT2D eigenvalue weighted by Gasteiger charge is -2.10. The van der Waals surface area contributed by atoms with Gasteiger partial charge in [0.15, 0.2) is 0 Å². The summed E-state index contributed by atoms with van der Waals surface area (Å²) in [6, 6.07) is 14.2. The number of aromatic nitrogens is 3. The minimum atomic E-state index is -0.298. The molecule has 0 radical (unpaired) electrons. The van der Waals surface area contributed by atoms with E-state index >= 15 is 0 Å². The standard InChI is InChI=1S/C16H15FN4/c1-11-5-2-3-8-15(11)21-16(14(10-18)19-20-21)12-6-4-7-13(17)9-12/h2-9H,10,18H2,1H3. The van der Waals surface area contributed by atoms with Crippen molar-refractivity contribution in [3.63, 3.8) is 0 Å². The Kier molecular flexibility index (Phi) is 3.50. The van der Waals surface area contributed by atoms with Gasteiger partial charge < -0.3 is 5.73 Å². The van der Waals surface area contributed by atoms with Crippen LogP contribution in [0.4, 0.5) is 4.39 Å². The van der Waals surface area contributed by atoms with Crippen LogP contribution in [0.5, 0.6) is 0 Å². The Balaban J connectivity index is 2.24. The van der Waals surface area contributed by atoms with Crippen molar-refractivity contribution < 1.29 is 4.39 Å². The summed E-state index contributed by atoms with van der Waals surface area (Å²) in [5.74, 6) is -0.298. The molecule has 2 aromatic carbocycles. The molecule has 1 heterocycles. The summed E-state index contributed by atoms with van der Waals surface area (Å²) in [5, 5.41) is 8.31. The minimum absolute atomic E-state index is 0.248. The van der Waals surface area contributed by atoms with Crippen molar-refractivity contribution >= 4 is 0 Å². The molecule has 0 saturated heterocycles. The molecule has 3 rings (SSSR count). The highest BCUT2D eigenvalue weighted by atomic mass is 19.1. The summed E-state index contributed by atoms with van der Waals surface area (Å²) in [7, 11) is 0. The first-order chi connectivity index (χ1) is 10.2. The van der Waals surface area contributed by atoms with Crippen LogP contribution in [-0.4, -0.2) is 15.0 Å². The van der Waals surface area contributed by atoms with Crippen molar-refractivity contribution in [2.24, 2.45) is 5.73 Å². The van der Waals surface area contributed by atoms with Crippen LogP contribution in [0.25, 0.3) is 16.9 Å². The van der Waals surface area contributed by atoms with Crippen molar-refractivity contribution in [3.05, 3.63) is 65.6 Å². The molecule has 0 bridgehead atoms. The monoisotopic (exact) mass is 282 g/mol. The van der Waals surface area contributed by atoms with Crippen LogP contribution < -0.4 is 5.73 Å². The van der Waals surface area contributed by atoms with Crippen LogP contribution in [0, 0.1) is 12.7 Å². The number of hydrogen-bond donors (Lipinski definition) is 1. The van der Waals surface area contributed by atoms with Crippen molar-refractivity contribution in [3.8, 4) is 16.9 Å². The van der Waals surface area contributed by atoms with Gasteiger partial charge in [-0.15, -0.1) is 5.10 Å². The van der Waals surface area contributed by atoms with Crippen molar-refractivity contribution in [2.45, 2.75) is 13.5 Å². The van der Waals surface area contributed by atoms with Gasteiger partial charge in [0.25, 0.3) is 0 Å². The fourth-order valence-electron chi connectivity index (χ4n) is 2.34. The number of benzene rings is 2. The van der Waals surface area contributed by atoms with Gasteiger partial charge in [-0.1, -0.05) is 35.5 Å². The Hall–Kier alpha value is -2.53. The zero-order chi connectivity index (χ0) is 14.8. The molecular weight excluding hydrogens is 267 g/mol. The molecule has 4 nitrogen and oxygen atoms in total. The van der Waals surface area contributed by atoms with Crippen LogP contribution in [-0.2, 0) is 6.54 Å². The van der Waals surface area contributed by atoms with E-state index in [1.165, 1.54) is 12.1 Å². The first kappa shape index (κ1) is 13.5. The molecule has 0 aliphatic carbocycles. The smallest absolute Gasteiger partial charge is 0.123 e. The summed E-state index contributed by atoms with van der Waals surface area (Å²) in [4.78, 5) is 0. The predicted octanol–water partition coefficient (Wildman–Crippen LogP) is 2.84. The van der Waals surface area contributed by atoms with Crippen molar-refractivity contribution in [1.29, 1.82) is 0 Å². The van der Waals surface area contributed by atoms with Gasteiger partial charge in [0, 0.05) is 12.1 Å². The molecule has 3 aromatic rings. The average Bonchev–Trinajstić information content (AvgIpc) is 2.91. The maximum atomic E-state index is 13.5. The second kappa shape index (κ2) is 5.46. The molecule has 0 unspecified atom stereocenters. The van der Waals surface area contributed by atoms with E-state index in [2.05, 4.69) is 10.3 Å². The lowest BCUT2D eigenvalue weighted by atomic mass is 10.1. The van der Waals surface area contributed by atoms with Gasteiger partial charge >= 0.3 is 0 Å². The maximum Gasteiger partial charge on any atom is 0.123 e. The summed E-state index contributed by atoms with van der Waals surface area (Å²) < 4.78 is 15.2. The molecule has 0 fully saturated rings. The molecule has 0 aliphatic rings. The summed E-state index contributed by atoms with van der Waals surface area (Å²) in [5.41, 5.74) is 9.79. The molecule has 0 amide bonds. The molecule has 5 heteroatoms. The van der Waals surface area contributed by atoms with Crippen LogP contribution in [0.3, 0.4) is 0 Å². The second-order valence-electron chi connectivity index (χ2n) is 4.80. The Bertz CT molecular complexity index is 779. The second-order valence-corrected chi connectivity index (χ2v) is 4.80. The van der Waals surface area contributed by atoms with E-state index in [4.69, 9.17) is 5.73 Å². The lowest BCUT2D eigenvalue weighted by Crippen LogP contribution is -2.04. The summed E-state index contributed by atoms with van der Waals surface area (Å²) in [6.07, 6.45) is 0. The summed E-state index contributed by atoms with van der Waals surface area (Å²) in [6.45, 7) is 2.24. The number of rotatable bonds is 3. The van der Waals surface area contributed by atoms with Crippen molar-refractivity contribution in [2.75, 3.05) is 0 Å². The van der Waals surface area contributed by atoms with E-state index in [9.17, 15) is 4.39 Å². The van der Waals surface area contributed by atoms with E-state index in [-0.39, 0.29) is 12.4 Å². The first-order valence-corrected chi connectivity index (χ1v) is 6.67. The normalized spacial score (nSPS) is 10.8. The number of hydrogen-bond acceptors (Lipinski definition) is 3. The van der Waals surface area contributed by atoms with Crippen LogP contribution in [0.2, 0.25) is 0 Å². The Morgan fingerprint density at radius 1 is 1.14 bits per heavy atom. The van der Waals surface area contributed by atoms with E-state index in [0.717, 1.165) is 16.9 Å². The Morgan fingerprint density at radius 2 is 1.95 bits per heavy atom. The van der Waals surface area contributed by atoms with E-state index < -0.39 is 0 Å². The van der Waals surface area contributed by atoms with E-state index in [0.29, 0.717) is 11.3 Å². The van der Waals surface area contributed by atoms with Crippen LogP contribution >= 0.6 is 0 Å². The van der Waals surface area contributed by atoms with Gasteiger partial charge in [-0.05, 0) is 30.7 Å². The number of nitrogens with two attached hydrogens (primary N) is 1. The Morgan fingerprint density at radius 3 is 2.67 bits per heavy atom. The van der Waals surface area contributed by atoms with Crippen LogP contribution in [0.1, 0.15) is 11.3 Å². The molecule has 0 aliphatic heterocycles. The summed E-state index contributed by atoms with van der Waals surface area (Å²) >= 11 is 0. The largest absolute Gasteiger partial charge is 0.325 e. The topological polar surface area (TPSA) is 56.7 Å². The molecule has 21 heavy (non-hydrogen) atoms. The molecule has 106 valence electrons. The van der Waals surface area contributed by atoms with Gasteiger partial charge in [-0.25, -0.2) is 9.07 Å². The Labute approximate surface area is 122 Å². The van der Waals surface area contributed by atoms with Gasteiger partial charge in [0.2, 0.25) is 0 Å². The quantitative estimate of drug-likeness (QED) is 0.803. The third-order valence-corrected chi connectivity index (χ3v) is 3.38. The molecular formula is C16H15FN4. The zero-order valence-electron chi connectivity index (χ0n) is 11.6. The number of nitrogens with zero attached hydrogens (tertiary/aromatic N) is 3. The third kappa shape index (κ3) is 2.43. The van der Waals surface area contributed by atoms with Gasteiger partial charge in [-0.3, -0.25) is 0 Å². The highest BCUT2D eigenvalue weighted by molar-refractivity contribution is 5.65. The zero-order valence-corrected chi connectivity index (χ0v) is 11.6. The van der Waals surface area contributed by atoms with Gasteiger partial charge in [0.1, 0.15) is 11.5 Å². The van der Waals surface area contributed by atoms with Crippen molar-refractivity contribution in [1.82, 2.24) is 15.0 Å². The minimum Gasteiger partial charge on any atom is -0.325 e. The highest BCUT2D eigenvalue weighted by Gasteiger charge is 2.16. The lowest BCUT2D eigenvalue weighted by molar-refractivity contribution is 0.628.